The summed E-state index contributed by atoms with van der Waals surface area (Å²) < 4.78 is 6.31. The summed E-state index contributed by atoms with van der Waals surface area (Å²) in [5.41, 5.74) is 3.74. The van der Waals surface area contributed by atoms with E-state index in [1.54, 1.807) is 6.20 Å². The van der Waals surface area contributed by atoms with Gasteiger partial charge in [-0.3, -0.25) is 9.78 Å². The van der Waals surface area contributed by atoms with Crippen LogP contribution in [0.25, 0.3) is 11.0 Å². The van der Waals surface area contributed by atoms with Crippen LogP contribution in [0.15, 0.2) is 51.7 Å². The Bertz CT molecular complexity index is 828. The van der Waals surface area contributed by atoms with Crippen LogP contribution in [0.4, 0.5) is 0 Å². The monoisotopic (exact) mass is 372 g/mol. The second kappa shape index (κ2) is 6.96. The zero-order chi connectivity index (χ0) is 16.2. The fraction of sp³-hybridized carbons (Fsp3) is 0.222. The molecule has 0 saturated carbocycles. The van der Waals surface area contributed by atoms with E-state index < -0.39 is 0 Å². The number of aromatic nitrogens is 1. The van der Waals surface area contributed by atoms with Crippen molar-refractivity contribution in [2.75, 3.05) is 0 Å². The fourth-order valence-corrected chi connectivity index (χ4v) is 2.99. The first-order valence-electron chi connectivity index (χ1n) is 7.53. The standard InChI is InChI=1S/C18H17BrN2O2/c1-2-12-6-7-16-14(9-12)15(18(19)23-16)10-17(22)21-11-13-5-3-4-8-20-13/h3-9H,2,10-11H2,1H3,(H,21,22). The van der Waals surface area contributed by atoms with Gasteiger partial charge < -0.3 is 9.73 Å². The van der Waals surface area contributed by atoms with Crippen molar-refractivity contribution in [3.63, 3.8) is 0 Å². The highest BCUT2D eigenvalue weighted by molar-refractivity contribution is 9.10. The molecule has 4 nitrogen and oxygen atoms in total. The fourth-order valence-electron chi connectivity index (χ4n) is 2.47. The molecule has 0 spiro atoms. The smallest absolute Gasteiger partial charge is 0.224 e. The van der Waals surface area contributed by atoms with Crippen molar-refractivity contribution < 1.29 is 9.21 Å². The number of carbonyl (C=O) groups excluding carboxylic acids is 1. The minimum absolute atomic E-state index is 0.0547. The van der Waals surface area contributed by atoms with Crippen molar-refractivity contribution >= 4 is 32.8 Å². The molecule has 1 aromatic carbocycles. The average molecular weight is 373 g/mol. The van der Waals surface area contributed by atoms with Gasteiger partial charge in [0.1, 0.15) is 5.58 Å². The number of hydrogen-bond acceptors (Lipinski definition) is 3. The van der Waals surface area contributed by atoms with Crippen molar-refractivity contribution in [2.24, 2.45) is 0 Å². The molecular weight excluding hydrogens is 356 g/mol. The number of carbonyl (C=O) groups is 1. The van der Waals surface area contributed by atoms with Crippen molar-refractivity contribution in [1.29, 1.82) is 0 Å². The van der Waals surface area contributed by atoms with E-state index in [2.05, 4.69) is 39.2 Å². The highest BCUT2D eigenvalue weighted by atomic mass is 79.9. The number of nitrogens with zero attached hydrogens (tertiary/aromatic N) is 1. The molecule has 1 N–H and O–H groups in total. The number of aryl methyl sites for hydroxylation is 1. The Morgan fingerprint density at radius 1 is 1.30 bits per heavy atom. The van der Waals surface area contributed by atoms with Gasteiger partial charge in [0.2, 0.25) is 5.91 Å². The summed E-state index contributed by atoms with van der Waals surface area (Å²) in [7, 11) is 0. The maximum absolute atomic E-state index is 12.2. The third-order valence-electron chi connectivity index (χ3n) is 3.74. The Kier molecular flexibility index (Phi) is 4.76. The number of amides is 1. The quantitative estimate of drug-likeness (QED) is 0.735. The van der Waals surface area contributed by atoms with E-state index in [9.17, 15) is 4.79 Å². The second-order valence-corrected chi connectivity index (χ2v) is 6.03. The number of halogens is 1. The van der Waals surface area contributed by atoms with E-state index in [0.29, 0.717) is 11.2 Å². The molecule has 2 heterocycles. The molecule has 0 aliphatic heterocycles. The SMILES string of the molecule is CCc1ccc2oc(Br)c(CC(=O)NCc3ccccn3)c2c1. The molecule has 3 rings (SSSR count). The largest absolute Gasteiger partial charge is 0.449 e. The van der Waals surface area contributed by atoms with Gasteiger partial charge in [-0.1, -0.05) is 19.1 Å². The Morgan fingerprint density at radius 3 is 2.91 bits per heavy atom. The van der Waals surface area contributed by atoms with Gasteiger partial charge in [-0.2, -0.15) is 0 Å². The van der Waals surface area contributed by atoms with Crippen molar-refractivity contribution in [1.82, 2.24) is 10.3 Å². The third kappa shape index (κ3) is 3.62. The van der Waals surface area contributed by atoms with E-state index >= 15 is 0 Å². The molecule has 5 heteroatoms. The van der Waals surface area contributed by atoms with Gasteiger partial charge in [0.15, 0.2) is 4.67 Å². The molecular formula is C18H17BrN2O2. The topological polar surface area (TPSA) is 55.1 Å². The molecule has 0 radical (unpaired) electrons. The zero-order valence-corrected chi connectivity index (χ0v) is 14.4. The molecule has 3 aromatic rings. The van der Waals surface area contributed by atoms with Gasteiger partial charge in [-0.05, 0) is 52.2 Å². The molecule has 0 aliphatic carbocycles. The predicted octanol–water partition coefficient (Wildman–Crippen LogP) is 4.01. The van der Waals surface area contributed by atoms with Gasteiger partial charge in [0, 0.05) is 17.1 Å². The average Bonchev–Trinajstić information content (AvgIpc) is 2.89. The van der Waals surface area contributed by atoms with Crippen molar-refractivity contribution in [3.05, 3.63) is 64.1 Å². The molecule has 0 atom stereocenters. The van der Waals surface area contributed by atoms with E-state index in [0.717, 1.165) is 28.6 Å². The lowest BCUT2D eigenvalue weighted by Crippen LogP contribution is -2.25. The lowest BCUT2D eigenvalue weighted by Gasteiger charge is -2.04. The molecule has 1 amide bonds. The molecule has 0 fully saturated rings. The molecule has 0 aliphatic rings. The number of nitrogens with one attached hydrogen (secondary N) is 1. The number of benzene rings is 1. The molecule has 0 saturated heterocycles. The number of fused-ring (bicyclic) bond motifs is 1. The normalized spacial score (nSPS) is 10.9. The summed E-state index contributed by atoms with van der Waals surface area (Å²) in [6, 6.07) is 11.7. The number of rotatable bonds is 5. The van der Waals surface area contributed by atoms with Crippen LogP contribution in [0, 0.1) is 0 Å². The van der Waals surface area contributed by atoms with Gasteiger partial charge in [0.25, 0.3) is 0 Å². The van der Waals surface area contributed by atoms with Gasteiger partial charge >= 0.3 is 0 Å². The van der Waals surface area contributed by atoms with E-state index in [-0.39, 0.29) is 12.3 Å². The summed E-state index contributed by atoms with van der Waals surface area (Å²) in [4.78, 5) is 16.4. The number of furan rings is 1. The second-order valence-electron chi connectivity index (χ2n) is 5.31. The van der Waals surface area contributed by atoms with Crippen LogP contribution in [-0.4, -0.2) is 10.9 Å². The van der Waals surface area contributed by atoms with E-state index in [1.165, 1.54) is 5.56 Å². The summed E-state index contributed by atoms with van der Waals surface area (Å²) in [5, 5.41) is 3.88. The first-order valence-corrected chi connectivity index (χ1v) is 8.33. The molecule has 23 heavy (non-hydrogen) atoms. The van der Waals surface area contributed by atoms with Crippen LogP contribution in [0.2, 0.25) is 0 Å². The van der Waals surface area contributed by atoms with Crippen LogP contribution in [-0.2, 0) is 24.2 Å². The van der Waals surface area contributed by atoms with Crippen LogP contribution >= 0.6 is 15.9 Å². The third-order valence-corrected chi connectivity index (χ3v) is 4.38. The molecule has 0 unspecified atom stereocenters. The number of hydrogen-bond donors (Lipinski definition) is 1. The highest BCUT2D eigenvalue weighted by Crippen LogP contribution is 2.31. The lowest BCUT2D eigenvalue weighted by molar-refractivity contribution is -0.120. The Balaban J connectivity index is 1.75. The highest BCUT2D eigenvalue weighted by Gasteiger charge is 2.16. The van der Waals surface area contributed by atoms with Gasteiger partial charge in [-0.25, -0.2) is 0 Å². The van der Waals surface area contributed by atoms with E-state index in [1.807, 2.05) is 30.3 Å². The Hall–Kier alpha value is -2.14. The summed E-state index contributed by atoms with van der Waals surface area (Å²) >= 11 is 3.42. The van der Waals surface area contributed by atoms with Crippen molar-refractivity contribution in [2.45, 2.75) is 26.3 Å². The maximum atomic E-state index is 12.2. The number of pyridine rings is 1. The van der Waals surface area contributed by atoms with Crippen LogP contribution in [0.5, 0.6) is 0 Å². The van der Waals surface area contributed by atoms with Crippen molar-refractivity contribution in [3.8, 4) is 0 Å². The molecule has 0 bridgehead atoms. The summed E-state index contributed by atoms with van der Waals surface area (Å²) in [6.07, 6.45) is 2.94. The molecule has 118 valence electrons. The molecule has 2 aromatic heterocycles. The van der Waals surface area contributed by atoms with Crippen LogP contribution in [0.3, 0.4) is 0 Å². The summed E-state index contributed by atoms with van der Waals surface area (Å²) in [5.74, 6) is -0.0547. The van der Waals surface area contributed by atoms with Crippen LogP contribution < -0.4 is 5.32 Å². The van der Waals surface area contributed by atoms with Gasteiger partial charge in [-0.15, -0.1) is 0 Å². The van der Waals surface area contributed by atoms with E-state index in [4.69, 9.17) is 4.42 Å². The first-order chi connectivity index (χ1) is 11.2. The minimum Gasteiger partial charge on any atom is -0.449 e. The Morgan fingerprint density at radius 2 is 2.17 bits per heavy atom. The summed E-state index contributed by atoms with van der Waals surface area (Å²) in [6.45, 7) is 2.53. The maximum Gasteiger partial charge on any atom is 0.224 e. The Labute approximate surface area is 143 Å². The first kappa shape index (κ1) is 15.7. The lowest BCUT2D eigenvalue weighted by atomic mass is 10.1. The van der Waals surface area contributed by atoms with Gasteiger partial charge in [0.05, 0.1) is 18.7 Å². The zero-order valence-electron chi connectivity index (χ0n) is 12.8. The van der Waals surface area contributed by atoms with Crippen LogP contribution in [0.1, 0.15) is 23.7 Å². The predicted molar refractivity (Wildman–Crippen MR) is 93.1 cm³/mol. The minimum atomic E-state index is -0.0547.